The zero-order valence-electron chi connectivity index (χ0n) is 19.0. The highest BCUT2D eigenvalue weighted by Gasteiger charge is 2.33. The first-order valence-electron chi connectivity index (χ1n) is 11.3. The van der Waals surface area contributed by atoms with E-state index in [4.69, 9.17) is 0 Å². The van der Waals surface area contributed by atoms with E-state index in [9.17, 15) is 14.0 Å². The molecule has 1 N–H and O–H groups in total. The van der Waals surface area contributed by atoms with Crippen LogP contribution < -0.4 is 5.32 Å². The molecule has 1 amide bonds. The predicted octanol–water partition coefficient (Wildman–Crippen LogP) is 6.09. The number of thioether (sulfide) groups is 1. The number of Topliss-reactive ketones (excluding diaryl/α,β-unsaturated/α-hetero) is 1. The van der Waals surface area contributed by atoms with Crippen molar-refractivity contribution in [1.29, 1.82) is 0 Å². The molecule has 1 heterocycles. The summed E-state index contributed by atoms with van der Waals surface area (Å²) in [5.41, 5.74) is 2.26. The van der Waals surface area contributed by atoms with Gasteiger partial charge in [0.2, 0.25) is 5.91 Å². The molecule has 0 saturated heterocycles. The molecule has 1 aliphatic carbocycles. The molecule has 0 spiro atoms. The highest BCUT2D eigenvalue weighted by molar-refractivity contribution is 8.00. The Kier molecular flexibility index (Phi) is 6.46. The average Bonchev–Trinajstić information content (AvgIpc) is 3.62. The van der Waals surface area contributed by atoms with Crippen molar-refractivity contribution in [3.8, 4) is 11.4 Å². The van der Waals surface area contributed by atoms with E-state index in [1.54, 1.807) is 42.5 Å². The number of carbonyl (C=O) groups excluding carboxylic acids is 2. The Morgan fingerprint density at radius 3 is 2.46 bits per heavy atom. The molecule has 1 aliphatic rings. The van der Waals surface area contributed by atoms with E-state index < -0.39 is 5.25 Å². The molecule has 176 valence electrons. The van der Waals surface area contributed by atoms with E-state index in [2.05, 4.69) is 15.5 Å². The lowest BCUT2D eigenvalue weighted by atomic mass is 10.1. The van der Waals surface area contributed by atoms with Crippen molar-refractivity contribution in [3.05, 3.63) is 95.8 Å². The summed E-state index contributed by atoms with van der Waals surface area (Å²) in [6.07, 6.45) is 1.90. The summed E-state index contributed by atoms with van der Waals surface area (Å²) in [7, 11) is 0. The smallest absolute Gasteiger partial charge is 0.242 e. The summed E-state index contributed by atoms with van der Waals surface area (Å²) in [4.78, 5) is 25.3. The summed E-state index contributed by atoms with van der Waals surface area (Å²) in [5, 5.41) is 11.6. The Morgan fingerprint density at radius 1 is 1.00 bits per heavy atom. The lowest BCUT2D eigenvalue weighted by Gasteiger charge is -2.18. The number of ketones is 1. The topological polar surface area (TPSA) is 76.9 Å². The fourth-order valence-corrected chi connectivity index (χ4v) is 4.98. The SMILES string of the molecule is CC(=O)c1cccc(NC(=O)C(Sc2nnc(-c3ccccc3F)n2C2CC2)c2ccccc2)c1. The van der Waals surface area contributed by atoms with E-state index in [-0.39, 0.29) is 23.5 Å². The molecule has 8 heteroatoms. The summed E-state index contributed by atoms with van der Waals surface area (Å²) in [5.74, 6) is -0.219. The van der Waals surface area contributed by atoms with Crippen LogP contribution in [0.15, 0.2) is 84.0 Å². The normalized spacial score (nSPS) is 13.9. The Hall–Kier alpha value is -3.78. The summed E-state index contributed by atoms with van der Waals surface area (Å²) >= 11 is 1.28. The van der Waals surface area contributed by atoms with Crippen LogP contribution in [-0.2, 0) is 4.79 Å². The first kappa shape index (κ1) is 23.0. The predicted molar refractivity (Wildman–Crippen MR) is 134 cm³/mol. The number of hydrogen-bond acceptors (Lipinski definition) is 5. The van der Waals surface area contributed by atoms with Gasteiger partial charge in [-0.1, -0.05) is 66.4 Å². The number of benzene rings is 3. The van der Waals surface area contributed by atoms with Crippen LogP contribution in [0.4, 0.5) is 10.1 Å². The Morgan fingerprint density at radius 2 is 1.74 bits per heavy atom. The van der Waals surface area contributed by atoms with Gasteiger partial charge in [-0.15, -0.1) is 10.2 Å². The van der Waals surface area contributed by atoms with Gasteiger partial charge in [0.05, 0.1) is 5.56 Å². The second-order valence-electron chi connectivity index (χ2n) is 8.42. The first-order chi connectivity index (χ1) is 17.0. The maximum Gasteiger partial charge on any atom is 0.242 e. The number of aromatic nitrogens is 3. The van der Waals surface area contributed by atoms with Crippen molar-refractivity contribution in [2.45, 2.75) is 36.2 Å². The fraction of sp³-hybridized carbons (Fsp3) is 0.185. The summed E-state index contributed by atoms with van der Waals surface area (Å²) in [6.45, 7) is 1.49. The van der Waals surface area contributed by atoms with Crippen molar-refractivity contribution in [1.82, 2.24) is 14.8 Å². The van der Waals surface area contributed by atoms with E-state index in [1.807, 2.05) is 34.9 Å². The van der Waals surface area contributed by atoms with Crippen LogP contribution in [0.25, 0.3) is 11.4 Å². The lowest BCUT2D eigenvalue weighted by Crippen LogP contribution is -2.20. The van der Waals surface area contributed by atoms with Crippen molar-refractivity contribution in [3.63, 3.8) is 0 Å². The molecular weight excluding hydrogens is 463 g/mol. The van der Waals surface area contributed by atoms with Crippen LogP contribution in [0, 0.1) is 5.82 Å². The number of halogens is 1. The van der Waals surface area contributed by atoms with Gasteiger partial charge in [0.15, 0.2) is 16.8 Å². The Balaban J connectivity index is 1.49. The van der Waals surface area contributed by atoms with Crippen molar-refractivity contribution in [2.75, 3.05) is 5.32 Å². The van der Waals surface area contributed by atoms with Gasteiger partial charge in [-0.25, -0.2) is 4.39 Å². The van der Waals surface area contributed by atoms with Gasteiger partial charge >= 0.3 is 0 Å². The molecule has 3 aromatic carbocycles. The number of anilines is 1. The molecule has 6 nitrogen and oxygen atoms in total. The molecule has 1 fully saturated rings. The molecule has 0 aliphatic heterocycles. The third kappa shape index (κ3) is 5.02. The second kappa shape index (κ2) is 9.84. The molecule has 0 bridgehead atoms. The standard InChI is InChI=1S/C27H23FN4O2S/c1-17(33)19-10-7-11-20(16-19)29-26(34)24(18-8-3-2-4-9-18)35-27-31-30-25(32(27)21-14-15-21)22-12-5-6-13-23(22)28/h2-13,16,21,24H,14-15H2,1H3,(H,29,34). The van der Waals surface area contributed by atoms with Crippen LogP contribution >= 0.6 is 11.8 Å². The van der Waals surface area contributed by atoms with Crippen molar-refractivity contribution in [2.24, 2.45) is 0 Å². The molecule has 5 rings (SSSR count). The maximum absolute atomic E-state index is 14.6. The maximum atomic E-state index is 14.6. The number of rotatable bonds is 8. The van der Waals surface area contributed by atoms with E-state index in [0.29, 0.717) is 27.8 Å². The van der Waals surface area contributed by atoms with Gasteiger partial charge in [0.25, 0.3) is 0 Å². The quantitative estimate of drug-likeness (QED) is 0.241. The minimum absolute atomic E-state index is 0.0757. The zero-order chi connectivity index (χ0) is 24.4. The molecule has 0 radical (unpaired) electrons. The molecule has 1 atom stereocenters. The molecule has 1 aromatic heterocycles. The molecule has 1 saturated carbocycles. The minimum Gasteiger partial charge on any atom is -0.325 e. The average molecular weight is 487 g/mol. The van der Waals surface area contributed by atoms with Crippen LogP contribution in [0.1, 0.15) is 47.0 Å². The van der Waals surface area contributed by atoms with Gasteiger partial charge in [0, 0.05) is 17.3 Å². The monoisotopic (exact) mass is 486 g/mol. The fourth-order valence-electron chi connectivity index (χ4n) is 3.88. The first-order valence-corrected chi connectivity index (χ1v) is 12.2. The highest BCUT2D eigenvalue weighted by atomic mass is 32.2. The number of hydrogen-bond donors (Lipinski definition) is 1. The third-order valence-electron chi connectivity index (χ3n) is 5.79. The minimum atomic E-state index is -0.632. The van der Waals surface area contributed by atoms with Gasteiger partial charge < -0.3 is 5.32 Å². The largest absolute Gasteiger partial charge is 0.325 e. The van der Waals surface area contributed by atoms with Gasteiger partial charge in [0.1, 0.15) is 11.1 Å². The van der Waals surface area contributed by atoms with Crippen LogP contribution in [0.3, 0.4) is 0 Å². The summed E-state index contributed by atoms with van der Waals surface area (Å²) < 4.78 is 16.5. The molecule has 35 heavy (non-hydrogen) atoms. The van der Waals surface area contributed by atoms with Crippen LogP contribution in [0.2, 0.25) is 0 Å². The van der Waals surface area contributed by atoms with E-state index >= 15 is 0 Å². The number of nitrogens with zero attached hydrogens (tertiary/aromatic N) is 3. The van der Waals surface area contributed by atoms with Crippen LogP contribution in [-0.4, -0.2) is 26.5 Å². The van der Waals surface area contributed by atoms with Crippen molar-refractivity contribution < 1.29 is 14.0 Å². The van der Waals surface area contributed by atoms with Gasteiger partial charge in [-0.3, -0.25) is 14.2 Å². The Bertz CT molecular complexity index is 1380. The molecular formula is C27H23FN4O2S. The molecule has 4 aromatic rings. The second-order valence-corrected chi connectivity index (χ2v) is 9.49. The Labute approximate surface area is 206 Å². The highest BCUT2D eigenvalue weighted by Crippen LogP contribution is 2.44. The van der Waals surface area contributed by atoms with E-state index in [1.165, 1.54) is 24.8 Å². The van der Waals surface area contributed by atoms with Crippen molar-refractivity contribution >= 4 is 29.1 Å². The third-order valence-corrected chi connectivity index (χ3v) is 7.00. The lowest BCUT2D eigenvalue weighted by molar-refractivity contribution is -0.115. The van der Waals surface area contributed by atoms with Gasteiger partial charge in [-0.05, 0) is 49.6 Å². The van der Waals surface area contributed by atoms with Gasteiger partial charge in [-0.2, -0.15) is 0 Å². The van der Waals surface area contributed by atoms with E-state index in [0.717, 1.165) is 18.4 Å². The summed E-state index contributed by atoms with van der Waals surface area (Å²) in [6, 6.07) is 23.0. The number of amides is 1. The zero-order valence-corrected chi connectivity index (χ0v) is 19.8. The molecule has 1 unspecified atom stereocenters. The number of carbonyl (C=O) groups is 2. The number of nitrogens with one attached hydrogen (secondary N) is 1. The van der Waals surface area contributed by atoms with Crippen LogP contribution in [0.5, 0.6) is 0 Å².